The number of carbonyl (C=O) groups is 1. The summed E-state index contributed by atoms with van der Waals surface area (Å²) in [5.74, 6) is -1.35. The maximum atomic E-state index is 14.3. The number of aryl methyl sites for hydroxylation is 3. The summed E-state index contributed by atoms with van der Waals surface area (Å²) in [6.07, 6.45) is -1.79. The fourth-order valence-electron chi connectivity index (χ4n) is 4.57. The van der Waals surface area contributed by atoms with E-state index < -0.39 is 40.2 Å². The van der Waals surface area contributed by atoms with Gasteiger partial charge in [0, 0.05) is 6.54 Å². The molecule has 0 aromatic heterocycles. The lowest BCUT2D eigenvalue weighted by molar-refractivity contribution is -0.160. The molecule has 37 heavy (non-hydrogen) atoms. The van der Waals surface area contributed by atoms with Crippen molar-refractivity contribution >= 4 is 16.0 Å². The number of nitrogens with zero attached hydrogens (tertiary/aromatic N) is 1. The van der Waals surface area contributed by atoms with Crippen molar-refractivity contribution in [2.75, 3.05) is 0 Å². The minimum Gasteiger partial charge on any atom is -0.455 e. The Bertz CT molecular complexity index is 1280. The highest BCUT2D eigenvalue weighted by atomic mass is 32.2. The van der Waals surface area contributed by atoms with Crippen molar-refractivity contribution in [1.29, 1.82) is 0 Å². The molecule has 6 nitrogen and oxygen atoms in total. The summed E-state index contributed by atoms with van der Waals surface area (Å²) < 4.78 is 36.0. The molecule has 3 rings (SSSR count). The van der Waals surface area contributed by atoms with E-state index >= 15 is 0 Å². The highest BCUT2D eigenvalue weighted by Crippen LogP contribution is 2.34. The number of sulfonamides is 1. The van der Waals surface area contributed by atoms with Gasteiger partial charge in [0.2, 0.25) is 10.0 Å². The maximum absolute atomic E-state index is 14.3. The number of hydrogen-bond acceptors (Lipinski definition) is 5. The molecule has 0 saturated heterocycles. The van der Waals surface area contributed by atoms with Crippen molar-refractivity contribution < 1.29 is 23.1 Å². The van der Waals surface area contributed by atoms with Crippen LogP contribution in [0.5, 0.6) is 0 Å². The Labute approximate surface area is 221 Å². The van der Waals surface area contributed by atoms with Gasteiger partial charge in [0.15, 0.2) is 0 Å². The lowest BCUT2D eigenvalue weighted by atomic mass is 10.0. The maximum Gasteiger partial charge on any atom is 0.311 e. The molecular formula is C30H37NO5S. The highest BCUT2D eigenvalue weighted by Gasteiger charge is 2.38. The molecule has 7 heteroatoms. The van der Waals surface area contributed by atoms with E-state index in [-0.39, 0.29) is 11.4 Å². The van der Waals surface area contributed by atoms with E-state index in [4.69, 9.17) is 4.74 Å². The standard InChI is InChI=1S/C30H37NO5S/c1-20-17-21(2)29(22(3)18-20)37(34,35)31(19-26-13-9-7-10-14-26)24(5)28(27-15-11-8-12-16-27)36-30(33)23(4)25(6)32/h7-18,23-25,28,32H,19H2,1-6H3/t23-,24+,25+,28+/m1/s1. The summed E-state index contributed by atoms with van der Waals surface area (Å²) in [6.45, 7) is 10.5. The van der Waals surface area contributed by atoms with Crippen molar-refractivity contribution in [2.45, 2.75) is 71.2 Å². The summed E-state index contributed by atoms with van der Waals surface area (Å²) in [7, 11) is -4.01. The van der Waals surface area contributed by atoms with Crippen molar-refractivity contribution in [2.24, 2.45) is 5.92 Å². The Balaban J connectivity index is 2.15. The summed E-state index contributed by atoms with van der Waals surface area (Å²) >= 11 is 0. The average molecular weight is 524 g/mol. The van der Waals surface area contributed by atoms with Crippen LogP contribution in [0.25, 0.3) is 0 Å². The number of aliphatic hydroxyl groups excluding tert-OH is 1. The molecule has 3 aromatic rings. The molecule has 0 unspecified atom stereocenters. The predicted octanol–water partition coefficient (Wildman–Crippen LogP) is 5.49. The van der Waals surface area contributed by atoms with Crippen molar-refractivity contribution in [3.8, 4) is 0 Å². The van der Waals surface area contributed by atoms with Crippen LogP contribution in [0.4, 0.5) is 0 Å². The summed E-state index contributed by atoms with van der Waals surface area (Å²) in [4.78, 5) is 13.2. The van der Waals surface area contributed by atoms with Gasteiger partial charge in [0.25, 0.3) is 0 Å². The van der Waals surface area contributed by atoms with Crippen LogP contribution in [0.3, 0.4) is 0 Å². The quantitative estimate of drug-likeness (QED) is 0.355. The number of benzene rings is 3. The van der Waals surface area contributed by atoms with Crippen molar-refractivity contribution in [3.63, 3.8) is 0 Å². The third-order valence-corrected chi connectivity index (χ3v) is 8.95. The van der Waals surface area contributed by atoms with Crippen molar-refractivity contribution in [1.82, 2.24) is 4.31 Å². The average Bonchev–Trinajstić information content (AvgIpc) is 2.85. The van der Waals surface area contributed by atoms with E-state index in [2.05, 4.69) is 0 Å². The topological polar surface area (TPSA) is 83.9 Å². The molecule has 0 heterocycles. The van der Waals surface area contributed by atoms with Crippen LogP contribution in [-0.4, -0.2) is 35.9 Å². The van der Waals surface area contributed by atoms with E-state index in [1.54, 1.807) is 27.7 Å². The van der Waals surface area contributed by atoms with Gasteiger partial charge in [0.05, 0.1) is 23.0 Å². The number of aliphatic hydroxyl groups is 1. The molecule has 3 aromatic carbocycles. The van der Waals surface area contributed by atoms with Crippen LogP contribution < -0.4 is 0 Å². The number of rotatable bonds is 10. The van der Waals surface area contributed by atoms with Crippen LogP contribution >= 0.6 is 0 Å². The van der Waals surface area contributed by atoms with Gasteiger partial charge in [-0.1, -0.05) is 78.4 Å². The van der Waals surface area contributed by atoms with E-state index in [0.29, 0.717) is 16.7 Å². The van der Waals surface area contributed by atoms with Gasteiger partial charge in [-0.2, -0.15) is 4.31 Å². The van der Waals surface area contributed by atoms with Gasteiger partial charge >= 0.3 is 5.97 Å². The van der Waals surface area contributed by atoms with Gasteiger partial charge in [-0.05, 0) is 63.8 Å². The molecule has 0 spiro atoms. The van der Waals surface area contributed by atoms with Crippen molar-refractivity contribution in [3.05, 3.63) is 101 Å². The minimum atomic E-state index is -4.01. The van der Waals surface area contributed by atoms with Gasteiger partial charge < -0.3 is 9.84 Å². The second kappa shape index (κ2) is 12.0. The zero-order valence-electron chi connectivity index (χ0n) is 22.4. The molecule has 0 fully saturated rings. The van der Waals surface area contributed by atoms with Crippen LogP contribution in [0.2, 0.25) is 0 Å². The number of carbonyl (C=O) groups excluding carboxylic acids is 1. The summed E-state index contributed by atoms with van der Waals surface area (Å²) in [5.41, 5.74) is 3.81. The molecule has 198 valence electrons. The number of hydrogen-bond donors (Lipinski definition) is 1. The van der Waals surface area contributed by atoms with Gasteiger partial charge in [-0.25, -0.2) is 8.42 Å². The van der Waals surface area contributed by atoms with Crippen LogP contribution in [0.1, 0.15) is 54.7 Å². The van der Waals surface area contributed by atoms with E-state index in [1.165, 1.54) is 11.2 Å². The van der Waals surface area contributed by atoms with E-state index in [1.807, 2.05) is 79.7 Å². The molecule has 0 aliphatic carbocycles. The third kappa shape index (κ3) is 6.66. The Morgan fingerprint density at radius 3 is 1.92 bits per heavy atom. The van der Waals surface area contributed by atoms with Crippen LogP contribution in [-0.2, 0) is 26.1 Å². The first-order valence-corrected chi connectivity index (χ1v) is 13.9. The predicted molar refractivity (Wildman–Crippen MR) is 145 cm³/mol. The second-order valence-corrected chi connectivity index (χ2v) is 11.6. The molecule has 0 radical (unpaired) electrons. The number of ether oxygens (including phenoxy) is 1. The van der Waals surface area contributed by atoms with Crippen LogP contribution in [0, 0.1) is 26.7 Å². The molecule has 0 bridgehead atoms. The van der Waals surface area contributed by atoms with Gasteiger partial charge in [-0.3, -0.25) is 4.79 Å². The molecule has 0 saturated carbocycles. The molecule has 1 N–H and O–H groups in total. The SMILES string of the molecule is Cc1cc(C)c(S(=O)(=O)N(Cc2ccccc2)[C@@H](C)[C@H](OC(=O)[C@H](C)[C@H](C)O)c2ccccc2)c(C)c1. The Morgan fingerprint density at radius 1 is 0.892 bits per heavy atom. The van der Waals surface area contributed by atoms with E-state index in [9.17, 15) is 18.3 Å². The molecule has 0 aliphatic rings. The third-order valence-electron chi connectivity index (χ3n) is 6.71. The molecule has 4 atom stereocenters. The monoisotopic (exact) mass is 523 g/mol. The zero-order chi connectivity index (χ0) is 27.3. The summed E-state index contributed by atoms with van der Waals surface area (Å²) in [5, 5.41) is 9.97. The first kappa shape index (κ1) is 28.6. The normalized spacial score (nSPS) is 15.1. The highest BCUT2D eigenvalue weighted by molar-refractivity contribution is 7.89. The lowest BCUT2D eigenvalue weighted by Gasteiger charge is -2.35. The van der Waals surface area contributed by atoms with Gasteiger partial charge in [-0.15, -0.1) is 0 Å². The van der Waals surface area contributed by atoms with Crippen LogP contribution in [0.15, 0.2) is 77.7 Å². The smallest absolute Gasteiger partial charge is 0.311 e. The molecular weight excluding hydrogens is 486 g/mol. The Kier molecular flexibility index (Phi) is 9.29. The largest absolute Gasteiger partial charge is 0.455 e. The summed E-state index contributed by atoms with van der Waals surface area (Å²) in [6, 6.07) is 21.5. The van der Waals surface area contributed by atoms with E-state index in [0.717, 1.165) is 11.1 Å². The lowest BCUT2D eigenvalue weighted by Crippen LogP contribution is -2.43. The molecule has 0 aliphatic heterocycles. The zero-order valence-corrected chi connectivity index (χ0v) is 23.2. The Hall–Kier alpha value is -3.00. The second-order valence-electron chi connectivity index (χ2n) is 9.80. The minimum absolute atomic E-state index is 0.101. The number of esters is 1. The first-order chi connectivity index (χ1) is 17.4. The molecule has 0 amide bonds. The fraction of sp³-hybridized carbons (Fsp3) is 0.367. The first-order valence-electron chi connectivity index (χ1n) is 12.5. The Morgan fingerprint density at radius 2 is 1.41 bits per heavy atom. The fourth-order valence-corrected chi connectivity index (χ4v) is 6.60. The van der Waals surface area contributed by atoms with Gasteiger partial charge in [0.1, 0.15) is 6.10 Å².